The molecule has 0 bridgehead atoms. The lowest BCUT2D eigenvalue weighted by Crippen LogP contribution is -2.03. The minimum Gasteiger partial charge on any atom is -0.481 e. The monoisotopic (exact) mass is 193 g/mol. The lowest BCUT2D eigenvalue weighted by molar-refractivity contribution is -0.136. The van der Waals surface area contributed by atoms with E-state index in [4.69, 9.17) is 5.11 Å². The highest BCUT2D eigenvalue weighted by Crippen LogP contribution is 2.07. The number of aliphatic carboxylic acids is 1. The molecule has 0 aliphatic rings. The number of carboxylic acid groups (broad SMARTS) is 1. The molecule has 0 spiro atoms. The number of carbonyl (C=O) groups is 1. The van der Waals surface area contributed by atoms with Gasteiger partial charge in [0.05, 0.1) is 12.6 Å². The maximum absolute atomic E-state index is 10.5. The summed E-state index contributed by atoms with van der Waals surface area (Å²) in [5, 5.41) is 12.2. The molecule has 0 aliphatic carbocycles. The van der Waals surface area contributed by atoms with Crippen molar-refractivity contribution in [2.45, 2.75) is 6.42 Å². The molecule has 0 fully saturated rings. The van der Waals surface area contributed by atoms with Crippen LogP contribution >= 0.6 is 0 Å². The van der Waals surface area contributed by atoms with Crippen molar-refractivity contribution in [1.82, 2.24) is 0 Å². The average molecular weight is 193 g/mol. The first-order valence-electron chi connectivity index (χ1n) is 4.10. The molecule has 4 heteroatoms. The van der Waals surface area contributed by atoms with Gasteiger partial charge in [0, 0.05) is 0 Å². The molecule has 0 aliphatic heterocycles. The van der Waals surface area contributed by atoms with E-state index in [0.717, 1.165) is 11.1 Å². The topological polar surface area (TPSA) is 58.9 Å². The van der Waals surface area contributed by atoms with Crippen molar-refractivity contribution >= 4 is 12.2 Å². The molecule has 1 aromatic rings. The first-order valence-corrected chi connectivity index (χ1v) is 4.10. The Labute approximate surface area is 81.8 Å². The molecule has 74 valence electrons. The number of hydrogen-bond acceptors (Lipinski definition) is 3. The van der Waals surface area contributed by atoms with Crippen LogP contribution in [0.3, 0.4) is 0 Å². The van der Waals surface area contributed by atoms with E-state index in [-0.39, 0.29) is 6.42 Å². The minimum atomic E-state index is -0.858. The van der Waals surface area contributed by atoms with Crippen molar-refractivity contribution in [2.24, 2.45) is 5.16 Å². The van der Waals surface area contributed by atoms with Gasteiger partial charge in [0.25, 0.3) is 0 Å². The van der Waals surface area contributed by atoms with Crippen LogP contribution in [0.1, 0.15) is 11.1 Å². The van der Waals surface area contributed by atoms with Crippen LogP contribution in [0.2, 0.25) is 0 Å². The summed E-state index contributed by atoms with van der Waals surface area (Å²) < 4.78 is 0. The van der Waals surface area contributed by atoms with Crippen molar-refractivity contribution in [2.75, 3.05) is 7.11 Å². The Balaban J connectivity index is 2.90. The molecular weight excluding hydrogens is 182 g/mol. The van der Waals surface area contributed by atoms with Crippen LogP contribution in [0, 0.1) is 0 Å². The zero-order valence-corrected chi connectivity index (χ0v) is 7.80. The second-order valence-corrected chi connectivity index (χ2v) is 2.69. The summed E-state index contributed by atoms with van der Waals surface area (Å²) in [5.74, 6) is -0.858. The van der Waals surface area contributed by atoms with E-state index in [0.29, 0.717) is 0 Å². The molecule has 14 heavy (non-hydrogen) atoms. The molecule has 0 radical (unpaired) electrons. The van der Waals surface area contributed by atoms with Crippen LogP contribution < -0.4 is 0 Å². The van der Waals surface area contributed by atoms with Gasteiger partial charge in [-0.1, -0.05) is 29.4 Å². The van der Waals surface area contributed by atoms with E-state index in [1.165, 1.54) is 13.3 Å². The number of nitrogens with zero attached hydrogens (tertiary/aromatic N) is 1. The Kier molecular flexibility index (Phi) is 3.67. The predicted molar refractivity (Wildman–Crippen MR) is 52.4 cm³/mol. The second-order valence-electron chi connectivity index (χ2n) is 2.69. The lowest BCUT2D eigenvalue weighted by Gasteiger charge is -2.01. The first kappa shape index (κ1) is 10.2. The maximum atomic E-state index is 10.5. The number of carboxylic acids is 1. The fourth-order valence-corrected chi connectivity index (χ4v) is 1.09. The molecule has 0 unspecified atom stereocenters. The molecule has 1 aromatic carbocycles. The Morgan fingerprint density at radius 3 is 2.93 bits per heavy atom. The van der Waals surface area contributed by atoms with E-state index < -0.39 is 5.97 Å². The molecule has 0 saturated heterocycles. The number of benzene rings is 1. The van der Waals surface area contributed by atoms with Gasteiger partial charge in [-0.2, -0.15) is 0 Å². The van der Waals surface area contributed by atoms with E-state index in [1.54, 1.807) is 18.2 Å². The largest absolute Gasteiger partial charge is 0.481 e. The van der Waals surface area contributed by atoms with E-state index >= 15 is 0 Å². The van der Waals surface area contributed by atoms with Gasteiger partial charge in [-0.3, -0.25) is 4.79 Å². The zero-order valence-electron chi connectivity index (χ0n) is 7.80. The average Bonchev–Trinajstić information content (AvgIpc) is 2.16. The van der Waals surface area contributed by atoms with Gasteiger partial charge in [-0.05, 0) is 11.1 Å². The Morgan fingerprint density at radius 2 is 2.29 bits per heavy atom. The number of rotatable bonds is 4. The van der Waals surface area contributed by atoms with Gasteiger partial charge in [0.1, 0.15) is 7.11 Å². The minimum absolute atomic E-state index is 0.00803. The maximum Gasteiger partial charge on any atom is 0.307 e. The van der Waals surface area contributed by atoms with E-state index in [1.807, 2.05) is 6.07 Å². The Hall–Kier alpha value is -1.84. The van der Waals surface area contributed by atoms with E-state index in [2.05, 4.69) is 9.99 Å². The van der Waals surface area contributed by atoms with Crippen LogP contribution in [0.25, 0.3) is 0 Å². The normalized spacial score (nSPS) is 10.4. The van der Waals surface area contributed by atoms with Crippen LogP contribution in [-0.2, 0) is 16.1 Å². The van der Waals surface area contributed by atoms with Crippen molar-refractivity contribution in [1.29, 1.82) is 0 Å². The van der Waals surface area contributed by atoms with Crippen molar-refractivity contribution < 1.29 is 14.7 Å². The highest BCUT2D eigenvalue weighted by atomic mass is 16.6. The van der Waals surface area contributed by atoms with Crippen molar-refractivity contribution in [3.8, 4) is 0 Å². The van der Waals surface area contributed by atoms with Gasteiger partial charge in [0.2, 0.25) is 0 Å². The van der Waals surface area contributed by atoms with Crippen LogP contribution in [-0.4, -0.2) is 24.4 Å². The summed E-state index contributed by atoms with van der Waals surface area (Å²) in [4.78, 5) is 15.0. The molecule has 4 nitrogen and oxygen atoms in total. The predicted octanol–water partition coefficient (Wildman–Crippen LogP) is 1.29. The summed E-state index contributed by atoms with van der Waals surface area (Å²) in [6.07, 6.45) is 1.49. The quantitative estimate of drug-likeness (QED) is 0.579. The fourth-order valence-electron chi connectivity index (χ4n) is 1.09. The van der Waals surface area contributed by atoms with Gasteiger partial charge in [0.15, 0.2) is 0 Å². The summed E-state index contributed by atoms with van der Waals surface area (Å²) in [5.41, 5.74) is 1.48. The third kappa shape index (κ3) is 2.90. The van der Waals surface area contributed by atoms with Crippen LogP contribution in [0.15, 0.2) is 29.4 Å². The summed E-state index contributed by atoms with van der Waals surface area (Å²) in [7, 11) is 1.44. The number of hydrogen-bond donors (Lipinski definition) is 1. The van der Waals surface area contributed by atoms with Gasteiger partial charge in [-0.15, -0.1) is 0 Å². The highest BCUT2D eigenvalue weighted by molar-refractivity contribution is 5.84. The third-order valence-electron chi connectivity index (χ3n) is 1.69. The van der Waals surface area contributed by atoms with Gasteiger partial charge in [-0.25, -0.2) is 0 Å². The molecule has 0 atom stereocenters. The smallest absolute Gasteiger partial charge is 0.307 e. The van der Waals surface area contributed by atoms with E-state index in [9.17, 15) is 4.79 Å². The van der Waals surface area contributed by atoms with Gasteiger partial charge >= 0.3 is 5.97 Å². The van der Waals surface area contributed by atoms with Gasteiger partial charge < -0.3 is 9.94 Å². The number of oxime groups is 1. The van der Waals surface area contributed by atoms with Crippen LogP contribution in [0.4, 0.5) is 0 Å². The second kappa shape index (κ2) is 5.01. The summed E-state index contributed by atoms with van der Waals surface area (Å²) in [6.45, 7) is 0. The van der Waals surface area contributed by atoms with Crippen molar-refractivity contribution in [3.05, 3.63) is 35.4 Å². The SMILES string of the molecule is CO/N=C/c1ccccc1CC(=O)O. The molecular formula is C10H11NO3. The fraction of sp³-hybridized carbons (Fsp3) is 0.200. The molecule has 0 saturated carbocycles. The van der Waals surface area contributed by atoms with Crippen LogP contribution in [0.5, 0.6) is 0 Å². The molecule has 1 rings (SSSR count). The van der Waals surface area contributed by atoms with Crippen molar-refractivity contribution in [3.63, 3.8) is 0 Å². The third-order valence-corrected chi connectivity index (χ3v) is 1.69. The highest BCUT2D eigenvalue weighted by Gasteiger charge is 2.03. The molecule has 0 heterocycles. The molecule has 0 amide bonds. The lowest BCUT2D eigenvalue weighted by atomic mass is 10.1. The molecule has 1 N–H and O–H groups in total. The Bertz CT molecular complexity index is 347. The zero-order chi connectivity index (χ0) is 10.4. The Morgan fingerprint density at radius 1 is 1.57 bits per heavy atom. The first-order chi connectivity index (χ1) is 6.74. The molecule has 0 aromatic heterocycles. The standard InChI is InChI=1S/C10H11NO3/c1-14-11-7-9-5-3-2-4-8(9)6-10(12)13/h2-5,7H,6H2,1H3,(H,12,13)/b11-7+. The summed E-state index contributed by atoms with van der Waals surface area (Å²) >= 11 is 0. The summed E-state index contributed by atoms with van der Waals surface area (Å²) in [6, 6.07) is 7.16.